The molecule has 2 N–H and O–H groups in total. The number of nitrogen functional groups attached to an aromatic ring is 1. The van der Waals surface area contributed by atoms with Crippen LogP contribution in [0.15, 0.2) is 47.4 Å². The van der Waals surface area contributed by atoms with Gasteiger partial charge < -0.3 is 5.73 Å². The lowest BCUT2D eigenvalue weighted by Crippen LogP contribution is -2.11. The van der Waals surface area contributed by atoms with Gasteiger partial charge in [0.15, 0.2) is 0 Å². The van der Waals surface area contributed by atoms with E-state index in [0.29, 0.717) is 21.3 Å². The van der Waals surface area contributed by atoms with E-state index in [1.807, 2.05) is 18.2 Å². The van der Waals surface area contributed by atoms with Crippen molar-refractivity contribution in [2.45, 2.75) is 10.1 Å². The van der Waals surface area contributed by atoms with Crippen molar-refractivity contribution in [1.29, 1.82) is 0 Å². The van der Waals surface area contributed by atoms with Crippen LogP contribution in [-0.4, -0.2) is 11.5 Å². The van der Waals surface area contributed by atoms with Gasteiger partial charge in [0.05, 0.1) is 0 Å². The number of nitro groups is 1. The normalized spacial score (nSPS) is 12.1. The lowest BCUT2D eigenvalue weighted by Gasteiger charge is -2.17. The molecule has 4 nitrogen and oxygen atoms in total. The monoisotopic (exact) mass is 342 g/mol. The molecule has 0 saturated heterocycles. The predicted octanol–water partition coefficient (Wildman–Crippen LogP) is 4.69. The minimum absolute atomic E-state index is 0.289. The van der Waals surface area contributed by atoms with Crippen LogP contribution in [0, 0.1) is 10.1 Å². The molecule has 2 rings (SSSR count). The Bertz CT molecular complexity index is 647. The number of rotatable bonds is 5. The zero-order valence-electron chi connectivity index (χ0n) is 10.8. The molecule has 0 aliphatic heterocycles. The first-order valence-electron chi connectivity index (χ1n) is 6.06. The third-order valence-corrected chi connectivity index (χ3v) is 4.78. The summed E-state index contributed by atoms with van der Waals surface area (Å²) in [6, 6.07) is 12.3. The van der Waals surface area contributed by atoms with Crippen LogP contribution in [0.4, 0.5) is 5.69 Å². The van der Waals surface area contributed by atoms with E-state index in [4.69, 9.17) is 28.9 Å². The van der Waals surface area contributed by atoms with Crippen molar-refractivity contribution in [3.05, 3.63) is 68.2 Å². The highest BCUT2D eigenvalue weighted by Crippen LogP contribution is 2.43. The van der Waals surface area contributed by atoms with Crippen LogP contribution >= 0.6 is 35.0 Å². The second-order valence-electron chi connectivity index (χ2n) is 4.29. The van der Waals surface area contributed by atoms with Crippen LogP contribution in [0.25, 0.3) is 0 Å². The number of anilines is 1. The Balaban J connectivity index is 2.40. The van der Waals surface area contributed by atoms with Gasteiger partial charge in [-0.3, -0.25) is 10.1 Å². The molecule has 0 aliphatic carbocycles. The SMILES string of the molecule is Nc1ccccc1S[C@H](C[N+](=O)[O-])c1c(Cl)cccc1Cl. The summed E-state index contributed by atoms with van der Waals surface area (Å²) in [5, 5.41) is 11.3. The molecule has 1 atom stereocenters. The highest BCUT2D eigenvalue weighted by atomic mass is 35.5. The molecule has 0 fully saturated rings. The number of nitrogens with zero attached hydrogens (tertiary/aromatic N) is 1. The lowest BCUT2D eigenvalue weighted by molar-refractivity contribution is -0.479. The van der Waals surface area contributed by atoms with Crippen molar-refractivity contribution < 1.29 is 4.92 Å². The Morgan fingerprint density at radius 2 is 1.76 bits per heavy atom. The first-order valence-corrected chi connectivity index (χ1v) is 7.69. The van der Waals surface area contributed by atoms with Crippen molar-refractivity contribution in [3.8, 4) is 0 Å². The van der Waals surface area contributed by atoms with E-state index in [1.165, 1.54) is 11.8 Å². The second-order valence-corrected chi connectivity index (χ2v) is 6.35. The van der Waals surface area contributed by atoms with E-state index >= 15 is 0 Å². The molecule has 0 heterocycles. The fourth-order valence-corrected chi connectivity index (χ4v) is 3.91. The molecule has 0 bridgehead atoms. The predicted molar refractivity (Wildman–Crippen MR) is 87.8 cm³/mol. The largest absolute Gasteiger partial charge is 0.398 e. The van der Waals surface area contributed by atoms with Gasteiger partial charge in [0.2, 0.25) is 6.54 Å². The van der Waals surface area contributed by atoms with Gasteiger partial charge in [-0.15, -0.1) is 11.8 Å². The number of para-hydroxylation sites is 1. The average molecular weight is 343 g/mol. The summed E-state index contributed by atoms with van der Waals surface area (Å²) < 4.78 is 0. The molecular weight excluding hydrogens is 331 g/mol. The van der Waals surface area contributed by atoms with Gasteiger partial charge in [-0.1, -0.05) is 41.4 Å². The number of hydrogen-bond acceptors (Lipinski definition) is 4. The quantitative estimate of drug-likeness (QED) is 0.370. The third-order valence-electron chi connectivity index (χ3n) is 2.82. The fourth-order valence-electron chi connectivity index (χ4n) is 1.88. The minimum atomic E-state index is -0.508. The number of thioether (sulfide) groups is 1. The van der Waals surface area contributed by atoms with Gasteiger partial charge in [0.25, 0.3) is 0 Å². The van der Waals surface area contributed by atoms with E-state index in [9.17, 15) is 10.1 Å². The number of hydrogen-bond donors (Lipinski definition) is 1. The molecule has 0 aromatic heterocycles. The molecular formula is C14H12Cl2N2O2S. The molecule has 0 aliphatic rings. The molecule has 0 amide bonds. The third kappa shape index (κ3) is 4.03. The summed E-state index contributed by atoms with van der Waals surface area (Å²) in [4.78, 5) is 11.3. The van der Waals surface area contributed by atoms with E-state index in [0.717, 1.165) is 4.90 Å². The van der Waals surface area contributed by atoms with Crippen LogP contribution in [-0.2, 0) is 0 Å². The summed E-state index contributed by atoms with van der Waals surface area (Å²) in [6.45, 7) is -0.289. The zero-order valence-corrected chi connectivity index (χ0v) is 13.2. The van der Waals surface area contributed by atoms with Crippen molar-refractivity contribution in [2.75, 3.05) is 12.3 Å². The van der Waals surface area contributed by atoms with E-state index in [2.05, 4.69) is 0 Å². The molecule has 0 unspecified atom stereocenters. The zero-order chi connectivity index (χ0) is 15.4. The Labute approximate surface area is 136 Å². The number of benzene rings is 2. The summed E-state index contributed by atoms with van der Waals surface area (Å²) >= 11 is 13.6. The standard InChI is InChI=1S/C14H12Cl2N2O2S/c15-9-4-3-5-10(16)14(9)13(8-18(19)20)21-12-7-2-1-6-11(12)17/h1-7,13H,8,17H2/t13-/m1/s1. The first-order chi connectivity index (χ1) is 9.99. The van der Waals surface area contributed by atoms with E-state index < -0.39 is 5.25 Å². The second kappa shape index (κ2) is 7.02. The van der Waals surface area contributed by atoms with E-state index in [-0.39, 0.29) is 11.5 Å². The fraction of sp³-hybridized carbons (Fsp3) is 0.143. The van der Waals surface area contributed by atoms with Crippen LogP contribution < -0.4 is 5.73 Å². The van der Waals surface area contributed by atoms with Crippen LogP contribution in [0.2, 0.25) is 10.0 Å². The molecule has 0 saturated carbocycles. The lowest BCUT2D eigenvalue weighted by atomic mass is 10.1. The summed E-state index contributed by atoms with van der Waals surface area (Å²) in [5.41, 5.74) is 7.03. The van der Waals surface area contributed by atoms with Crippen molar-refractivity contribution in [2.24, 2.45) is 0 Å². The molecule has 21 heavy (non-hydrogen) atoms. The molecule has 0 spiro atoms. The molecule has 7 heteroatoms. The topological polar surface area (TPSA) is 69.2 Å². The van der Waals surface area contributed by atoms with Crippen LogP contribution in [0.5, 0.6) is 0 Å². The minimum Gasteiger partial charge on any atom is -0.398 e. The maximum atomic E-state index is 11.0. The Kier molecular flexibility index (Phi) is 5.33. The Morgan fingerprint density at radius 1 is 1.14 bits per heavy atom. The molecule has 110 valence electrons. The molecule has 2 aromatic rings. The molecule has 2 aromatic carbocycles. The van der Waals surface area contributed by atoms with Gasteiger partial charge in [0, 0.05) is 31.1 Å². The van der Waals surface area contributed by atoms with Gasteiger partial charge >= 0.3 is 0 Å². The Morgan fingerprint density at radius 3 is 2.33 bits per heavy atom. The van der Waals surface area contributed by atoms with Gasteiger partial charge in [0.1, 0.15) is 5.25 Å². The molecule has 0 radical (unpaired) electrons. The maximum Gasteiger partial charge on any atom is 0.220 e. The summed E-state index contributed by atoms with van der Waals surface area (Å²) in [6.07, 6.45) is 0. The highest BCUT2D eigenvalue weighted by molar-refractivity contribution is 7.99. The van der Waals surface area contributed by atoms with Gasteiger partial charge in [-0.25, -0.2) is 0 Å². The first kappa shape index (κ1) is 15.9. The number of nitrogens with two attached hydrogens (primary N) is 1. The van der Waals surface area contributed by atoms with Gasteiger partial charge in [-0.05, 0) is 24.3 Å². The smallest absolute Gasteiger partial charge is 0.220 e. The maximum absolute atomic E-state index is 11.0. The summed E-state index contributed by atoms with van der Waals surface area (Å²) in [5.74, 6) is 0. The van der Waals surface area contributed by atoms with Crippen molar-refractivity contribution >= 4 is 40.7 Å². The van der Waals surface area contributed by atoms with Gasteiger partial charge in [-0.2, -0.15) is 0 Å². The van der Waals surface area contributed by atoms with Crippen molar-refractivity contribution in [1.82, 2.24) is 0 Å². The average Bonchev–Trinajstić information content (AvgIpc) is 2.40. The number of halogens is 2. The van der Waals surface area contributed by atoms with E-state index in [1.54, 1.807) is 24.3 Å². The van der Waals surface area contributed by atoms with Crippen LogP contribution in [0.3, 0.4) is 0 Å². The van der Waals surface area contributed by atoms with Crippen LogP contribution in [0.1, 0.15) is 10.8 Å². The van der Waals surface area contributed by atoms with Crippen molar-refractivity contribution in [3.63, 3.8) is 0 Å². The Hall–Kier alpha value is -1.43. The summed E-state index contributed by atoms with van der Waals surface area (Å²) in [7, 11) is 0. The highest BCUT2D eigenvalue weighted by Gasteiger charge is 2.25.